The molecule has 0 aliphatic carbocycles. The van der Waals surface area contributed by atoms with E-state index < -0.39 is 0 Å². The van der Waals surface area contributed by atoms with E-state index in [2.05, 4.69) is 18.2 Å². The molecule has 0 spiro atoms. The van der Waals surface area contributed by atoms with Crippen molar-refractivity contribution >= 4 is 12.0 Å². The fraction of sp³-hybridized carbons (Fsp3) is 0.188. The second-order valence-electron chi connectivity index (χ2n) is 4.57. The van der Waals surface area contributed by atoms with Gasteiger partial charge in [0.1, 0.15) is 0 Å². The number of carbonyl (C=O) groups excluding carboxylic acids is 1. The summed E-state index contributed by atoms with van der Waals surface area (Å²) in [5, 5.41) is 0. The van der Waals surface area contributed by atoms with Crippen molar-refractivity contribution in [3.63, 3.8) is 0 Å². The van der Waals surface area contributed by atoms with E-state index in [1.165, 1.54) is 11.1 Å². The van der Waals surface area contributed by atoms with Crippen LogP contribution in [0.15, 0.2) is 48.5 Å². The van der Waals surface area contributed by atoms with Crippen molar-refractivity contribution in [2.45, 2.75) is 6.42 Å². The van der Waals surface area contributed by atoms with Crippen molar-refractivity contribution in [2.75, 3.05) is 19.0 Å². The molecule has 2 aromatic rings. The molecule has 2 heteroatoms. The number of hydrogen-bond donors (Lipinski definition) is 0. The highest BCUT2D eigenvalue weighted by Crippen LogP contribution is 2.20. The summed E-state index contributed by atoms with van der Waals surface area (Å²) in [7, 11) is 3.91. The van der Waals surface area contributed by atoms with Gasteiger partial charge in [-0.05, 0) is 29.7 Å². The Bertz CT molecular complexity index is 532. The Hall–Kier alpha value is -2.09. The molecule has 0 aliphatic heterocycles. The van der Waals surface area contributed by atoms with Crippen molar-refractivity contribution in [3.8, 4) is 0 Å². The minimum atomic E-state index is 0.733. The zero-order chi connectivity index (χ0) is 13.0. The molecule has 2 rings (SSSR count). The molecule has 0 heterocycles. The van der Waals surface area contributed by atoms with Crippen molar-refractivity contribution in [1.82, 2.24) is 0 Å². The maximum atomic E-state index is 11.0. The quantitative estimate of drug-likeness (QED) is 0.764. The van der Waals surface area contributed by atoms with Gasteiger partial charge in [0.25, 0.3) is 0 Å². The second-order valence-corrected chi connectivity index (χ2v) is 4.57. The highest BCUT2D eigenvalue weighted by Gasteiger charge is 2.05. The van der Waals surface area contributed by atoms with Crippen LogP contribution in [0.2, 0.25) is 0 Å². The van der Waals surface area contributed by atoms with Crippen LogP contribution in [0, 0.1) is 0 Å². The molecular weight excluding hydrogens is 222 g/mol. The first kappa shape index (κ1) is 12.4. The number of aldehydes is 1. The van der Waals surface area contributed by atoms with Crippen molar-refractivity contribution in [3.05, 3.63) is 65.2 Å². The molecule has 2 aromatic carbocycles. The van der Waals surface area contributed by atoms with Gasteiger partial charge in [-0.3, -0.25) is 4.79 Å². The number of hydrogen-bond acceptors (Lipinski definition) is 2. The Kier molecular flexibility index (Phi) is 3.78. The Morgan fingerprint density at radius 3 is 2.33 bits per heavy atom. The van der Waals surface area contributed by atoms with E-state index >= 15 is 0 Å². The van der Waals surface area contributed by atoms with Gasteiger partial charge >= 0.3 is 0 Å². The average Bonchev–Trinajstić information content (AvgIpc) is 2.40. The summed E-state index contributed by atoms with van der Waals surface area (Å²) >= 11 is 0. The first-order valence-electron chi connectivity index (χ1n) is 6.00. The molecule has 0 N–H and O–H groups in total. The monoisotopic (exact) mass is 239 g/mol. The summed E-state index contributed by atoms with van der Waals surface area (Å²) in [6.45, 7) is 0. The van der Waals surface area contributed by atoms with Crippen LogP contribution in [0.3, 0.4) is 0 Å². The smallest absolute Gasteiger partial charge is 0.152 e. The van der Waals surface area contributed by atoms with E-state index in [4.69, 9.17) is 0 Å². The lowest BCUT2D eigenvalue weighted by Gasteiger charge is -2.16. The zero-order valence-electron chi connectivity index (χ0n) is 10.8. The van der Waals surface area contributed by atoms with Gasteiger partial charge in [-0.25, -0.2) is 0 Å². The molecule has 0 saturated carbocycles. The summed E-state index contributed by atoms with van der Waals surface area (Å²) in [5.41, 5.74) is 4.20. The zero-order valence-corrected chi connectivity index (χ0v) is 10.8. The van der Waals surface area contributed by atoms with Crippen molar-refractivity contribution in [1.29, 1.82) is 0 Å². The van der Waals surface area contributed by atoms with Crippen molar-refractivity contribution in [2.24, 2.45) is 0 Å². The van der Waals surface area contributed by atoms with Crippen LogP contribution in [-0.2, 0) is 6.42 Å². The third-order valence-corrected chi connectivity index (χ3v) is 2.95. The molecule has 0 aliphatic rings. The largest absolute Gasteiger partial charge is 0.377 e. The van der Waals surface area contributed by atoms with Gasteiger partial charge in [0.15, 0.2) is 6.29 Å². The highest BCUT2D eigenvalue weighted by molar-refractivity contribution is 5.84. The standard InChI is InChI=1S/C16H17NO/c1-17(2)16-11-14(8-9-15(16)12-18)10-13-6-4-3-5-7-13/h3-9,11-12H,10H2,1-2H3. The molecule has 0 fully saturated rings. The third kappa shape index (κ3) is 2.77. The number of benzene rings is 2. The van der Waals surface area contributed by atoms with Gasteiger partial charge in [-0.15, -0.1) is 0 Å². The van der Waals surface area contributed by atoms with E-state index in [9.17, 15) is 4.79 Å². The summed E-state index contributed by atoms with van der Waals surface area (Å²) in [4.78, 5) is 12.9. The predicted molar refractivity (Wildman–Crippen MR) is 75.4 cm³/mol. The fourth-order valence-corrected chi connectivity index (χ4v) is 2.02. The van der Waals surface area contributed by atoms with E-state index in [0.717, 1.165) is 24.0 Å². The van der Waals surface area contributed by atoms with E-state index in [1.54, 1.807) is 0 Å². The number of carbonyl (C=O) groups is 1. The van der Waals surface area contributed by atoms with Crippen LogP contribution in [0.25, 0.3) is 0 Å². The molecule has 0 radical (unpaired) electrons. The first-order valence-corrected chi connectivity index (χ1v) is 6.00. The second kappa shape index (κ2) is 5.50. The van der Waals surface area contributed by atoms with E-state index in [1.807, 2.05) is 49.3 Å². The highest BCUT2D eigenvalue weighted by atomic mass is 16.1. The van der Waals surface area contributed by atoms with E-state index in [0.29, 0.717) is 0 Å². The summed E-state index contributed by atoms with van der Waals surface area (Å²) in [5.74, 6) is 0. The summed E-state index contributed by atoms with van der Waals surface area (Å²) < 4.78 is 0. The van der Waals surface area contributed by atoms with E-state index in [-0.39, 0.29) is 0 Å². The lowest BCUT2D eigenvalue weighted by Crippen LogP contribution is -2.11. The van der Waals surface area contributed by atoms with Crippen LogP contribution in [0.5, 0.6) is 0 Å². The van der Waals surface area contributed by atoms with Gasteiger partial charge < -0.3 is 4.90 Å². The van der Waals surface area contributed by atoms with Gasteiger partial charge in [-0.2, -0.15) is 0 Å². The molecule has 0 amide bonds. The number of nitrogens with zero attached hydrogens (tertiary/aromatic N) is 1. The lowest BCUT2D eigenvalue weighted by atomic mass is 10.0. The molecule has 0 atom stereocenters. The SMILES string of the molecule is CN(C)c1cc(Cc2ccccc2)ccc1C=O. The Morgan fingerprint density at radius 2 is 1.72 bits per heavy atom. The molecule has 0 unspecified atom stereocenters. The predicted octanol–water partition coefficient (Wildman–Crippen LogP) is 3.16. The molecular formula is C16H17NO. The maximum absolute atomic E-state index is 11.0. The number of anilines is 1. The molecule has 0 bridgehead atoms. The number of rotatable bonds is 4. The Morgan fingerprint density at radius 1 is 1.00 bits per heavy atom. The van der Waals surface area contributed by atoms with Crippen molar-refractivity contribution < 1.29 is 4.79 Å². The molecule has 18 heavy (non-hydrogen) atoms. The summed E-state index contributed by atoms with van der Waals surface area (Å²) in [6, 6.07) is 16.3. The summed E-state index contributed by atoms with van der Waals surface area (Å²) in [6.07, 6.45) is 1.79. The molecule has 0 saturated heterocycles. The first-order chi connectivity index (χ1) is 8.70. The van der Waals surface area contributed by atoms with Crippen LogP contribution < -0.4 is 4.90 Å². The third-order valence-electron chi connectivity index (χ3n) is 2.95. The molecule has 2 nitrogen and oxygen atoms in total. The van der Waals surface area contributed by atoms with Gasteiger partial charge in [0.05, 0.1) is 0 Å². The fourth-order valence-electron chi connectivity index (χ4n) is 2.02. The van der Waals surface area contributed by atoms with Crippen LogP contribution in [0.4, 0.5) is 5.69 Å². The molecule has 0 aromatic heterocycles. The minimum absolute atomic E-state index is 0.733. The average molecular weight is 239 g/mol. The Labute approximate surface area is 108 Å². The topological polar surface area (TPSA) is 20.3 Å². The van der Waals surface area contributed by atoms with Crippen LogP contribution in [0.1, 0.15) is 21.5 Å². The molecule has 92 valence electrons. The lowest BCUT2D eigenvalue weighted by molar-refractivity contribution is 0.112. The van der Waals surface area contributed by atoms with Crippen LogP contribution in [-0.4, -0.2) is 20.4 Å². The van der Waals surface area contributed by atoms with Gasteiger partial charge in [0.2, 0.25) is 0 Å². The van der Waals surface area contributed by atoms with Gasteiger partial charge in [0, 0.05) is 25.3 Å². The van der Waals surface area contributed by atoms with Crippen LogP contribution >= 0.6 is 0 Å². The Balaban J connectivity index is 2.30. The maximum Gasteiger partial charge on any atom is 0.152 e. The van der Waals surface area contributed by atoms with Gasteiger partial charge in [-0.1, -0.05) is 36.4 Å². The normalized spacial score (nSPS) is 10.1. The minimum Gasteiger partial charge on any atom is -0.377 e.